The quantitative estimate of drug-likeness (QED) is 0.676. The van der Waals surface area contributed by atoms with Crippen LogP contribution in [0.4, 0.5) is 5.69 Å². The Balaban J connectivity index is 1.36. The van der Waals surface area contributed by atoms with Crippen molar-refractivity contribution in [3.05, 3.63) is 54.6 Å². The maximum absolute atomic E-state index is 12.8. The molecule has 4 atom stereocenters. The minimum atomic E-state index is -0.341. The van der Waals surface area contributed by atoms with Crippen LogP contribution >= 0.6 is 0 Å². The van der Waals surface area contributed by atoms with Gasteiger partial charge in [0.25, 0.3) is 0 Å². The molecule has 1 heterocycles. The number of anilines is 1. The Morgan fingerprint density at radius 1 is 0.926 bits per heavy atom. The number of fused-ring (bicyclic) bond motifs is 2. The summed E-state index contributed by atoms with van der Waals surface area (Å²) < 4.78 is 0. The fourth-order valence-electron chi connectivity index (χ4n) is 4.96. The van der Waals surface area contributed by atoms with E-state index in [9.17, 15) is 14.4 Å². The Bertz CT molecular complexity index is 959. The highest BCUT2D eigenvalue weighted by molar-refractivity contribution is 6.10. The van der Waals surface area contributed by atoms with E-state index in [2.05, 4.69) is 17.5 Å². The van der Waals surface area contributed by atoms with E-state index in [-0.39, 0.29) is 47.9 Å². The Hall–Kier alpha value is -2.95. The number of carbonyl (C=O) groups excluding carboxylic acids is 3. The van der Waals surface area contributed by atoms with Gasteiger partial charge in [-0.25, -0.2) is 0 Å². The SMILES string of the molecule is O=C(CN1C(=O)[C@@H]2[C@@H](C1=O)[C@H]1C=C[C@H]2CC1)Nc1cccc2ccccc12. The number of carbonyl (C=O) groups is 3. The van der Waals surface area contributed by atoms with Crippen LogP contribution in [-0.2, 0) is 14.4 Å². The maximum atomic E-state index is 12.8. The zero-order valence-electron chi connectivity index (χ0n) is 14.8. The molecule has 2 aromatic rings. The molecular formula is C22H20N2O3. The molecule has 2 aromatic carbocycles. The van der Waals surface area contributed by atoms with Crippen molar-refractivity contribution >= 4 is 34.2 Å². The predicted molar refractivity (Wildman–Crippen MR) is 102 cm³/mol. The number of hydrogen-bond donors (Lipinski definition) is 1. The Kier molecular flexibility index (Phi) is 3.64. The van der Waals surface area contributed by atoms with Gasteiger partial charge in [-0.3, -0.25) is 19.3 Å². The molecule has 136 valence electrons. The summed E-state index contributed by atoms with van der Waals surface area (Å²) in [6.07, 6.45) is 6.08. The van der Waals surface area contributed by atoms with E-state index in [4.69, 9.17) is 0 Å². The van der Waals surface area contributed by atoms with E-state index >= 15 is 0 Å². The second-order valence-corrected chi connectivity index (χ2v) is 7.68. The van der Waals surface area contributed by atoms with Gasteiger partial charge in [0.1, 0.15) is 6.54 Å². The molecule has 1 saturated carbocycles. The highest BCUT2D eigenvalue weighted by Crippen LogP contribution is 2.49. The third-order valence-electron chi connectivity index (χ3n) is 6.22. The summed E-state index contributed by atoms with van der Waals surface area (Å²) in [4.78, 5) is 39.5. The average molecular weight is 360 g/mol. The minimum absolute atomic E-state index is 0.141. The van der Waals surface area contributed by atoms with Crippen LogP contribution in [0.25, 0.3) is 10.8 Å². The number of nitrogens with zero attached hydrogens (tertiary/aromatic N) is 1. The van der Waals surface area contributed by atoms with Crippen molar-refractivity contribution < 1.29 is 14.4 Å². The molecular weight excluding hydrogens is 340 g/mol. The lowest BCUT2D eigenvalue weighted by molar-refractivity contribution is -0.142. The molecule has 4 aliphatic rings. The van der Waals surface area contributed by atoms with Crippen molar-refractivity contribution in [2.75, 3.05) is 11.9 Å². The zero-order valence-corrected chi connectivity index (χ0v) is 14.8. The van der Waals surface area contributed by atoms with E-state index in [1.807, 2.05) is 42.5 Å². The zero-order chi connectivity index (χ0) is 18.5. The number of likely N-dealkylation sites (tertiary alicyclic amines) is 1. The molecule has 0 spiro atoms. The van der Waals surface area contributed by atoms with Crippen molar-refractivity contribution in [2.24, 2.45) is 23.7 Å². The van der Waals surface area contributed by atoms with Gasteiger partial charge >= 0.3 is 0 Å². The smallest absolute Gasteiger partial charge is 0.244 e. The van der Waals surface area contributed by atoms with Crippen molar-refractivity contribution in [3.63, 3.8) is 0 Å². The molecule has 5 nitrogen and oxygen atoms in total. The first-order valence-electron chi connectivity index (χ1n) is 9.44. The van der Waals surface area contributed by atoms with Gasteiger partial charge in [0, 0.05) is 11.1 Å². The molecule has 3 amide bonds. The third-order valence-corrected chi connectivity index (χ3v) is 6.22. The summed E-state index contributed by atoms with van der Waals surface area (Å²) >= 11 is 0. The van der Waals surface area contributed by atoms with Gasteiger partial charge < -0.3 is 5.32 Å². The van der Waals surface area contributed by atoms with Crippen LogP contribution in [-0.4, -0.2) is 29.2 Å². The van der Waals surface area contributed by atoms with E-state index in [0.29, 0.717) is 5.69 Å². The summed E-state index contributed by atoms with van der Waals surface area (Å²) in [6, 6.07) is 13.5. The molecule has 3 aliphatic carbocycles. The van der Waals surface area contributed by atoms with Gasteiger partial charge in [0.05, 0.1) is 11.8 Å². The molecule has 27 heavy (non-hydrogen) atoms. The van der Waals surface area contributed by atoms with Gasteiger partial charge in [0.2, 0.25) is 17.7 Å². The van der Waals surface area contributed by atoms with Gasteiger partial charge in [-0.15, -0.1) is 0 Å². The second-order valence-electron chi connectivity index (χ2n) is 7.68. The molecule has 6 rings (SSSR count). The molecule has 1 aliphatic heterocycles. The Morgan fingerprint density at radius 3 is 2.22 bits per heavy atom. The Labute approximate surface area is 157 Å². The Morgan fingerprint density at radius 2 is 1.56 bits per heavy atom. The molecule has 1 saturated heterocycles. The molecule has 2 fully saturated rings. The maximum Gasteiger partial charge on any atom is 0.244 e. The summed E-state index contributed by atoms with van der Waals surface area (Å²) in [5.74, 6) is -0.968. The van der Waals surface area contributed by atoms with Crippen LogP contribution in [0.15, 0.2) is 54.6 Å². The molecule has 0 unspecified atom stereocenters. The summed E-state index contributed by atoms with van der Waals surface area (Å²) in [5.41, 5.74) is 0.691. The fraction of sp³-hybridized carbons (Fsp3) is 0.318. The number of imide groups is 1. The van der Waals surface area contributed by atoms with Gasteiger partial charge in [-0.1, -0.05) is 48.6 Å². The van der Waals surface area contributed by atoms with Crippen molar-refractivity contribution in [1.82, 2.24) is 4.90 Å². The van der Waals surface area contributed by atoms with Crippen molar-refractivity contribution in [3.8, 4) is 0 Å². The molecule has 0 radical (unpaired) electrons. The number of amides is 3. The molecule has 2 bridgehead atoms. The first-order chi connectivity index (χ1) is 13.1. The van der Waals surface area contributed by atoms with Gasteiger partial charge in [-0.2, -0.15) is 0 Å². The third kappa shape index (κ3) is 2.49. The number of benzene rings is 2. The van der Waals surface area contributed by atoms with E-state index in [1.54, 1.807) is 0 Å². The normalized spacial score (nSPS) is 28.7. The number of allylic oxidation sites excluding steroid dienone is 2. The van der Waals surface area contributed by atoms with Crippen LogP contribution in [0.3, 0.4) is 0 Å². The largest absolute Gasteiger partial charge is 0.324 e. The first kappa shape index (κ1) is 16.2. The van der Waals surface area contributed by atoms with Crippen molar-refractivity contribution in [1.29, 1.82) is 0 Å². The minimum Gasteiger partial charge on any atom is -0.324 e. The number of nitrogens with one attached hydrogen (secondary N) is 1. The van der Waals surface area contributed by atoms with Crippen LogP contribution in [0.5, 0.6) is 0 Å². The molecule has 1 N–H and O–H groups in total. The molecule has 0 aromatic heterocycles. The van der Waals surface area contributed by atoms with E-state index in [0.717, 1.165) is 23.6 Å². The summed E-state index contributed by atoms with van der Waals surface area (Å²) in [7, 11) is 0. The topological polar surface area (TPSA) is 66.5 Å². The van der Waals surface area contributed by atoms with E-state index < -0.39 is 0 Å². The highest BCUT2D eigenvalue weighted by Gasteiger charge is 2.56. The van der Waals surface area contributed by atoms with Crippen LogP contribution in [0.1, 0.15) is 12.8 Å². The van der Waals surface area contributed by atoms with Crippen LogP contribution in [0.2, 0.25) is 0 Å². The number of hydrogen-bond acceptors (Lipinski definition) is 3. The lowest BCUT2D eigenvalue weighted by atomic mass is 9.63. The first-order valence-corrected chi connectivity index (χ1v) is 9.44. The standard InChI is InChI=1S/C22H20N2O3/c25-18(23-17-7-3-5-13-4-1-2-6-16(13)17)12-24-21(26)19-14-8-9-15(11-10-14)20(19)22(24)27/h1-9,14-15,19-20H,10-12H2,(H,23,25)/t14-,15-,19-,20-/m0/s1. The fourth-order valence-corrected chi connectivity index (χ4v) is 4.96. The predicted octanol–water partition coefficient (Wildman–Crippen LogP) is 2.98. The van der Waals surface area contributed by atoms with Gasteiger partial charge in [-0.05, 0) is 36.1 Å². The van der Waals surface area contributed by atoms with Gasteiger partial charge in [0.15, 0.2) is 0 Å². The number of rotatable bonds is 3. The summed E-state index contributed by atoms with van der Waals surface area (Å²) in [6.45, 7) is -0.215. The summed E-state index contributed by atoms with van der Waals surface area (Å²) in [5, 5.41) is 4.83. The highest BCUT2D eigenvalue weighted by atomic mass is 16.2. The lowest BCUT2D eigenvalue weighted by Crippen LogP contribution is -2.38. The monoisotopic (exact) mass is 360 g/mol. The lowest BCUT2D eigenvalue weighted by Gasteiger charge is -2.38. The van der Waals surface area contributed by atoms with Crippen molar-refractivity contribution in [2.45, 2.75) is 12.8 Å². The van der Waals surface area contributed by atoms with Crippen LogP contribution < -0.4 is 5.32 Å². The van der Waals surface area contributed by atoms with Crippen LogP contribution in [0, 0.1) is 23.7 Å². The second kappa shape index (κ2) is 6.05. The average Bonchev–Trinajstić information content (AvgIpc) is 2.96. The molecule has 5 heteroatoms. The van der Waals surface area contributed by atoms with E-state index in [1.165, 1.54) is 4.90 Å².